The number of oxime groups is 1. The molecule has 1 fully saturated rings. The van der Waals surface area contributed by atoms with Crippen LogP contribution in [0.5, 0.6) is 0 Å². The van der Waals surface area contributed by atoms with Crippen LogP contribution >= 0.6 is 0 Å². The van der Waals surface area contributed by atoms with Gasteiger partial charge in [-0.3, -0.25) is 0 Å². The fraction of sp³-hybridized carbons (Fsp3) is 0.929. The molecule has 0 bridgehead atoms. The quantitative estimate of drug-likeness (QED) is 0.176. The fourth-order valence-corrected chi connectivity index (χ4v) is 3.10. The van der Waals surface area contributed by atoms with Gasteiger partial charge in [-0.2, -0.15) is 0 Å². The van der Waals surface area contributed by atoms with E-state index in [4.69, 9.17) is 0 Å². The van der Waals surface area contributed by atoms with E-state index in [0.29, 0.717) is 11.8 Å². The molecule has 0 amide bonds. The standard InChI is InChI=1S/C14H30N3O.2HI/c1-16(2,3)10-12-8-7-9-13(14(12)15-18)11-17(4,5)6;;/h12-13H,7-11H2,1-6H3;2*1H/q+1;;/p-1. The van der Waals surface area contributed by atoms with Gasteiger partial charge in [0.05, 0.1) is 72.9 Å². The summed E-state index contributed by atoms with van der Waals surface area (Å²) in [6, 6.07) is 0. The van der Waals surface area contributed by atoms with E-state index in [-0.39, 0.29) is 48.0 Å². The average molecular weight is 511 g/mol. The first kappa shape index (κ1) is 23.1. The number of halogens is 2. The van der Waals surface area contributed by atoms with Crippen LogP contribution < -0.4 is 48.0 Å². The highest BCUT2D eigenvalue weighted by atomic mass is 127. The maximum Gasteiger partial charge on any atom is 0.0863 e. The van der Waals surface area contributed by atoms with E-state index >= 15 is 0 Å². The second kappa shape index (κ2) is 9.09. The lowest BCUT2D eigenvalue weighted by molar-refractivity contribution is -0.874. The molecule has 0 heterocycles. The summed E-state index contributed by atoms with van der Waals surface area (Å²) in [5, 5.41) is 13.1. The Hall–Kier alpha value is 0.850. The molecule has 0 saturated heterocycles. The normalized spacial score (nSPS) is 23.6. The van der Waals surface area contributed by atoms with Gasteiger partial charge < -0.3 is 62.1 Å². The van der Waals surface area contributed by atoms with Gasteiger partial charge in [-0.1, -0.05) is 11.6 Å². The molecule has 2 atom stereocenters. The lowest BCUT2D eigenvalue weighted by atomic mass is 9.78. The van der Waals surface area contributed by atoms with E-state index in [0.717, 1.165) is 27.8 Å². The van der Waals surface area contributed by atoms with Crippen LogP contribution in [0.25, 0.3) is 0 Å². The summed E-state index contributed by atoms with van der Waals surface area (Å²) in [5.41, 5.74) is 1.04. The van der Waals surface area contributed by atoms with Crippen molar-refractivity contribution in [2.45, 2.75) is 19.3 Å². The zero-order valence-corrected chi connectivity index (χ0v) is 18.1. The number of quaternary nitrogens is 2. The average Bonchev–Trinajstić information content (AvgIpc) is 2.12. The van der Waals surface area contributed by atoms with Gasteiger partial charge in [0.1, 0.15) is 0 Å². The Bertz CT molecular complexity index is 283. The highest BCUT2D eigenvalue weighted by Crippen LogP contribution is 2.29. The number of hydrogen-bond donors (Lipinski definition) is 1. The Morgan fingerprint density at radius 2 is 1.25 bits per heavy atom. The highest BCUT2D eigenvalue weighted by molar-refractivity contribution is 5.89. The second-order valence-electron chi connectivity index (χ2n) is 7.80. The molecule has 0 spiro atoms. The van der Waals surface area contributed by atoms with Crippen molar-refractivity contribution in [1.82, 2.24) is 0 Å². The molecule has 6 heteroatoms. The smallest absolute Gasteiger partial charge is 0.0863 e. The Labute approximate surface area is 158 Å². The number of hydrogen-bond acceptors (Lipinski definition) is 2. The fourth-order valence-electron chi connectivity index (χ4n) is 3.10. The summed E-state index contributed by atoms with van der Waals surface area (Å²) in [5.74, 6) is 0.889. The summed E-state index contributed by atoms with van der Waals surface area (Å²) in [4.78, 5) is 0. The Kier molecular flexibility index (Phi) is 10.5. The minimum atomic E-state index is 0. The summed E-state index contributed by atoms with van der Waals surface area (Å²) < 4.78 is 1.86. The van der Waals surface area contributed by atoms with Crippen LogP contribution in [0.1, 0.15) is 19.3 Å². The van der Waals surface area contributed by atoms with Crippen molar-refractivity contribution in [1.29, 1.82) is 0 Å². The Morgan fingerprint density at radius 1 is 0.900 bits per heavy atom. The predicted octanol–water partition coefficient (Wildman–Crippen LogP) is -4.35. The van der Waals surface area contributed by atoms with Crippen LogP contribution in [0.4, 0.5) is 0 Å². The zero-order chi connectivity index (χ0) is 14.0. The highest BCUT2D eigenvalue weighted by Gasteiger charge is 2.35. The first-order chi connectivity index (χ1) is 8.12. The van der Waals surface area contributed by atoms with E-state index in [9.17, 15) is 5.21 Å². The Balaban J connectivity index is 0. The van der Waals surface area contributed by atoms with E-state index in [1.54, 1.807) is 0 Å². The summed E-state index contributed by atoms with van der Waals surface area (Å²) in [6.45, 7) is 2.13. The maximum absolute atomic E-state index is 9.40. The molecule has 0 aromatic rings. The van der Waals surface area contributed by atoms with Gasteiger partial charge in [-0.15, -0.1) is 0 Å². The lowest BCUT2D eigenvalue weighted by Crippen LogP contribution is -3.00. The van der Waals surface area contributed by atoms with Gasteiger partial charge in [0.25, 0.3) is 0 Å². The molecule has 0 aliphatic heterocycles. The van der Waals surface area contributed by atoms with E-state index in [1.165, 1.54) is 19.3 Å². The van der Waals surface area contributed by atoms with Gasteiger partial charge in [-0.05, 0) is 12.8 Å². The first-order valence-electron chi connectivity index (χ1n) is 6.95. The van der Waals surface area contributed by atoms with Crippen LogP contribution in [0.2, 0.25) is 0 Å². The van der Waals surface area contributed by atoms with Gasteiger partial charge in [0, 0.05) is 0 Å². The van der Waals surface area contributed by atoms with Crippen molar-refractivity contribution < 1.29 is 62.1 Å². The summed E-state index contributed by atoms with van der Waals surface area (Å²) in [7, 11) is 13.2. The summed E-state index contributed by atoms with van der Waals surface area (Å²) >= 11 is 0. The molecule has 122 valence electrons. The maximum atomic E-state index is 9.40. The third-order valence-corrected chi connectivity index (χ3v) is 3.59. The molecule has 1 aliphatic carbocycles. The first-order valence-corrected chi connectivity index (χ1v) is 6.95. The molecular formula is C14H31I2N3O. The zero-order valence-electron chi connectivity index (χ0n) is 13.7. The largest absolute Gasteiger partial charge is 1.00 e. The van der Waals surface area contributed by atoms with E-state index < -0.39 is 0 Å². The molecule has 2 unspecified atom stereocenters. The minimum absolute atomic E-state index is 0. The van der Waals surface area contributed by atoms with Gasteiger partial charge >= 0.3 is 0 Å². The van der Waals surface area contributed by atoms with Crippen LogP contribution in [0, 0.1) is 11.8 Å². The van der Waals surface area contributed by atoms with Crippen molar-refractivity contribution in [3.63, 3.8) is 0 Å². The van der Waals surface area contributed by atoms with Crippen molar-refractivity contribution in [2.75, 3.05) is 55.4 Å². The van der Waals surface area contributed by atoms with Gasteiger partial charge in [0.15, 0.2) is 0 Å². The van der Waals surface area contributed by atoms with Crippen molar-refractivity contribution in [3.05, 3.63) is 0 Å². The summed E-state index contributed by atoms with van der Waals surface area (Å²) in [6.07, 6.45) is 3.60. The molecule has 20 heavy (non-hydrogen) atoms. The van der Waals surface area contributed by atoms with Crippen LogP contribution in [-0.4, -0.2) is 75.3 Å². The van der Waals surface area contributed by atoms with Crippen molar-refractivity contribution in [2.24, 2.45) is 17.0 Å². The minimum Gasteiger partial charge on any atom is -1.00 e. The van der Waals surface area contributed by atoms with Gasteiger partial charge in [0.2, 0.25) is 0 Å². The Morgan fingerprint density at radius 3 is 1.50 bits per heavy atom. The molecule has 4 nitrogen and oxygen atoms in total. The molecular weight excluding hydrogens is 480 g/mol. The number of rotatable bonds is 4. The van der Waals surface area contributed by atoms with Crippen molar-refractivity contribution in [3.8, 4) is 0 Å². The molecule has 0 aromatic heterocycles. The van der Waals surface area contributed by atoms with Crippen LogP contribution in [-0.2, 0) is 0 Å². The molecule has 1 aliphatic rings. The van der Waals surface area contributed by atoms with Crippen molar-refractivity contribution >= 4 is 5.71 Å². The van der Waals surface area contributed by atoms with E-state index in [2.05, 4.69) is 47.4 Å². The van der Waals surface area contributed by atoms with Crippen LogP contribution in [0.15, 0.2) is 5.16 Å². The third kappa shape index (κ3) is 8.33. The topological polar surface area (TPSA) is 32.6 Å². The molecule has 1 N–H and O–H groups in total. The SMILES string of the molecule is C[N+](C)(C)CC1CCCC(C[N+](C)(C)C)C1=NO.[I-].[I-]. The molecule has 1 saturated carbocycles. The van der Waals surface area contributed by atoms with E-state index in [1.807, 2.05) is 0 Å². The molecule has 0 radical (unpaired) electrons. The molecule has 1 rings (SSSR count). The monoisotopic (exact) mass is 511 g/mol. The lowest BCUT2D eigenvalue weighted by Gasteiger charge is -2.37. The van der Waals surface area contributed by atoms with Crippen LogP contribution in [0.3, 0.4) is 0 Å². The number of nitrogens with zero attached hydrogens (tertiary/aromatic N) is 3. The predicted molar refractivity (Wildman–Crippen MR) is 75.9 cm³/mol. The third-order valence-electron chi connectivity index (χ3n) is 3.59. The molecule has 0 aromatic carbocycles. The van der Waals surface area contributed by atoms with Gasteiger partial charge in [-0.25, -0.2) is 0 Å². The second-order valence-corrected chi connectivity index (χ2v) is 7.80.